The van der Waals surface area contributed by atoms with Crippen LogP contribution in [0.5, 0.6) is 0 Å². The van der Waals surface area contributed by atoms with Gasteiger partial charge in [-0.1, -0.05) is 32.0 Å². The number of anilines is 1. The highest BCUT2D eigenvalue weighted by molar-refractivity contribution is 5.46. The quantitative estimate of drug-likeness (QED) is 0.779. The fourth-order valence-electron chi connectivity index (χ4n) is 2.94. The van der Waals surface area contributed by atoms with E-state index >= 15 is 0 Å². The first-order chi connectivity index (χ1) is 10.2. The number of nitrogens with one attached hydrogen (secondary N) is 1. The van der Waals surface area contributed by atoms with Crippen molar-refractivity contribution in [3.8, 4) is 0 Å². The Morgan fingerprint density at radius 2 is 1.67 bits per heavy atom. The molecule has 118 valence electrons. The zero-order valence-electron chi connectivity index (χ0n) is 13.9. The second-order valence-corrected chi connectivity index (χ2v) is 6.59. The summed E-state index contributed by atoms with van der Waals surface area (Å²) in [6.45, 7) is 13.8. The van der Waals surface area contributed by atoms with Crippen molar-refractivity contribution >= 4 is 5.69 Å². The lowest BCUT2D eigenvalue weighted by Gasteiger charge is -2.39. The predicted molar refractivity (Wildman–Crippen MR) is 92.0 cm³/mol. The molecule has 1 heterocycles. The van der Waals surface area contributed by atoms with Gasteiger partial charge in [-0.2, -0.15) is 0 Å². The van der Waals surface area contributed by atoms with Gasteiger partial charge in [0.25, 0.3) is 0 Å². The standard InChI is InChI=1S/C18H31N3/c1-16(2)15-19-10-9-17(3)20-11-13-21(14-12-20)18-7-5-4-6-8-18/h4-8,16-17,19H,9-15H2,1-3H3. The lowest BCUT2D eigenvalue weighted by Crippen LogP contribution is -2.50. The largest absolute Gasteiger partial charge is 0.369 e. The minimum atomic E-state index is 0.683. The maximum atomic E-state index is 3.55. The van der Waals surface area contributed by atoms with E-state index in [1.807, 2.05) is 0 Å². The molecule has 1 aromatic carbocycles. The van der Waals surface area contributed by atoms with E-state index in [0.717, 1.165) is 32.1 Å². The van der Waals surface area contributed by atoms with Gasteiger partial charge in [-0.05, 0) is 44.5 Å². The van der Waals surface area contributed by atoms with Crippen molar-refractivity contribution in [3.05, 3.63) is 30.3 Å². The van der Waals surface area contributed by atoms with Gasteiger partial charge >= 0.3 is 0 Å². The van der Waals surface area contributed by atoms with Crippen LogP contribution in [-0.4, -0.2) is 50.2 Å². The van der Waals surface area contributed by atoms with E-state index in [0.29, 0.717) is 6.04 Å². The van der Waals surface area contributed by atoms with Crippen molar-refractivity contribution in [3.63, 3.8) is 0 Å². The van der Waals surface area contributed by atoms with Crippen LogP contribution in [0, 0.1) is 5.92 Å². The van der Waals surface area contributed by atoms with Gasteiger partial charge in [0.15, 0.2) is 0 Å². The summed E-state index contributed by atoms with van der Waals surface area (Å²) in [6.07, 6.45) is 1.25. The second-order valence-electron chi connectivity index (χ2n) is 6.59. The lowest BCUT2D eigenvalue weighted by molar-refractivity contribution is 0.187. The topological polar surface area (TPSA) is 18.5 Å². The van der Waals surface area contributed by atoms with Crippen molar-refractivity contribution in [2.75, 3.05) is 44.2 Å². The molecule has 0 bridgehead atoms. The number of nitrogens with zero attached hydrogens (tertiary/aromatic N) is 2. The molecule has 1 atom stereocenters. The fourth-order valence-corrected chi connectivity index (χ4v) is 2.94. The van der Waals surface area contributed by atoms with Crippen LogP contribution >= 0.6 is 0 Å². The van der Waals surface area contributed by atoms with E-state index < -0.39 is 0 Å². The zero-order valence-corrected chi connectivity index (χ0v) is 13.9. The molecule has 0 amide bonds. The van der Waals surface area contributed by atoms with Gasteiger partial charge in [-0.25, -0.2) is 0 Å². The maximum Gasteiger partial charge on any atom is 0.0367 e. The normalized spacial score (nSPS) is 18.2. The third-order valence-corrected chi connectivity index (χ3v) is 4.35. The Hall–Kier alpha value is -1.06. The van der Waals surface area contributed by atoms with E-state index in [-0.39, 0.29) is 0 Å². The number of hydrogen-bond acceptors (Lipinski definition) is 3. The molecule has 1 aliphatic heterocycles. The van der Waals surface area contributed by atoms with Crippen LogP contribution < -0.4 is 10.2 Å². The number of benzene rings is 1. The molecule has 1 aromatic rings. The minimum Gasteiger partial charge on any atom is -0.369 e. The van der Waals surface area contributed by atoms with Gasteiger partial charge in [0.05, 0.1) is 0 Å². The van der Waals surface area contributed by atoms with Gasteiger partial charge in [0.1, 0.15) is 0 Å². The van der Waals surface area contributed by atoms with Crippen molar-refractivity contribution in [2.24, 2.45) is 5.92 Å². The number of rotatable bonds is 7. The van der Waals surface area contributed by atoms with Gasteiger partial charge in [-0.15, -0.1) is 0 Å². The number of hydrogen-bond donors (Lipinski definition) is 1. The van der Waals surface area contributed by atoms with E-state index in [2.05, 4.69) is 66.2 Å². The molecule has 3 heteroatoms. The summed E-state index contributed by atoms with van der Waals surface area (Å²) in [5.74, 6) is 0.745. The van der Waals surface area contributed by atoms with E-state index in [1.165, 1.54) is 25.2 Å². The molecule has 0 radical (unpaired) electrons. The minimum absolute atomic E-state index is 0.683. The lowest BCUT2D eigenvalue weighted by atomic mass is 10.1. The van der Waals surface area contributed by atoms with Crippen LogP contribution in [0.25, 0.3) is 0 Å². The molecule has 1 aliphatic rings. The Morgan fingerprint density at radius 1 is 1.00 bits per heavy atom. The van der Waals surface area contributed by atoms with Crippen LogP contribution in [0.4, 0.5) is 5.69 Å². The first-order valence-corrected chi connectivity index (χ1v) is 8.41. The van der Waals surface area contributed by atoms with E-state index in [1.54, 1.807) is 0 Å². The Bertz CT molecular complexity index is 383. The maximum absolute atomic E-state index is 3.55. The van der Waals surface area contributed by atoms with Gasteiger partial charge in [0.2, 0.25) is 0 Å². The molecule has 3 nitrogen and oxygen atoms in total. The second kappa shape index (κ2) is 8.40. The highest BCUT2D eigenvalue weighted by Crippen LogP contribution is 2.17. The monoisotopic (exact) mass is 289 g/mol. The average Bonchev–Trinajstić information content (AvgIpc) is 2.52. The Kier molecular flexibility index (Phi) is 6.52. The molecule has 1 N–H and O–H groups in total. The molecule has 21 heavy (non-hydrogen) atoms. The number of piperazine rings is 1. The molecule has 0 saturated carbocycles. The SMILES string of the molecule is CC(C)CNCCC(C)N1CCN(c2ccccc2)CC1. The van der Waals surface area contributed by atoms with Crippen LogP contribution in [0.15, 0.2) is 30.3 Å². The first kappa shape index (κ1) is 16.3. The van der Waals surface area contributed by atoms with Crippen LogP contribution in [-0.2, 0) is 0 Å². The molecule has 0 spiro atoms. The molecule has 1 fully saturated rings. The van der Waals surface area contributed by atoms with Gasteiger partial charge in [0, 0.05) is 37.9 Å². The summed E-state index contributed by atoms with van der Waals surface area (Å²) in [5, 5.41) is 3.55. The smallest absolute Gasteiger partial charge is 0.0367 e. The molecule has 2 rings (SSSR count). The molecule has 1 unspecified atom stereocenters. The molecular weight excluding hydrogens is 258 g/mol. The summed E-state index contributed by atoms with van der Waals surface area (Å²) in [5.41, 5.74) is 1.36. The Balaban J connectivity index is 1.68. The predicted octanol–water partition coefficient (Wildman–Crippen LogP) is 2.83. The Morgan fingerprint density at radius 3 is 2.29 bits per heavy atom. The molecular formula is C18H31N3. The van der Waals surface area contributed by atoms with Crippen LogP contribution in [0.1, 0.15) is 27.2 Å². The third kappa shape index (κ3) is 5.33. The average molecular weight is 289 g/mol. The van der Waals surface area contributed by atoms with Crippen molar-refractivity contribution < 1.29 is 0 Å². The third-order valence-electron chi connectivity index (χ3n) is 4.35. The first-order valence-electron chi connectivity index (χ1n) is 8.41. The van der Waals surface area contributed by atoms with Crippen molar-refractivity contribution in [2.45, 2.75) is 33.2 Å². The van der Waals surface area contributed by atoms with Gasteiger partial charge < -0.3 is 10.2 Å². The van der Waals surface area contributed by atoms with Crippen LogP contribution in [0.3, 0.4) is 0 Å². The highest BCUT2D eigenvalue weighted by Gasteiger charge is 2.20. The summed E-state index contributed by atoms with van der Waals surface area (Å²) < 4.78 is 0. The highest BCUT2D eigenvalue weighted by atomic mass is 15.3. The van der Waals surface area contributed by atoms with E-state index in [4.69, 9.17) is 0 Å². The summed E-state index contributed by atoms with van der Waals surface area (Å²) >= 11 is 0. The molecule has 0 aliphatic carbocycles. The summed E-state index contributed by atoms with van der Waals surface area (Å²) in [7, 11) is 0. The fraction of sp³-hybridized carbons (Fsp3) is 0.667. The van der Waals surface area contributed by atoms with Gasteiger partial charge in [-0.3, -0.25) is 4.90 Å². The van der Waals surface area contributed by atoms with E-state index in [9.17, 15) is 0 Å². The zero-order chi connectivity index (χ0) is 15.1. The molecule has 0 aromatic heterocycles. The number of para-hydroxylation sites is 1. The Labute approximate surface area is 130 Å². The van der Waals surface area contributed by atoms with Crippen molar-refractivity contribution in [1.82, 2.24) is 10.2 Å². The summed E-state index contributed by atoms with van der Waals surface area (Å²) in [4.78, 5) is 5.14. The molecule has 1 saturated heterocycles. The van der Waals surface area contributed by atoms with Crippen molar-refractivity contribution in [1.29, 1.82) is 0 Å². The summed E-state index contributed by atoms with van der Waals surface area (Å²) in [6, 6.07) is 11.5. The van der Waals surface area contributed by atoms with Crippen LogP contribution in [0.2, 0.25) is 0 Å².